The maximum atomic E-state index is 13.6. The Morgan fingerprint density at radius 3 is 2.84 bits per heavy atom. The Hall–Kier alpha value is -1.95. The lowest BCUT2D eigenvalue weighted by Gasteiger charge is -2.10. The number of halogens is 3. The van der Waals surface area contributed by atoms with E-state index in [-0.39, 0.29) is 22.5 Å². The molecule has 19 heavy (non-hydrogen) atoms. The molecule has 1 aromatic carbocycles. The summed E-state index contributed by atoms with van der Waals surface area (Å²) < 4.78 is 26.7. The number of hydrogen-bond donors (Lipinski definition) is 2. The highest BCUT2D eigenvalue weighted by Gasteiger charge is 2.09. The van der Waals surface area contributed by atoms with Crippen LogP contribution in [0.25, 0.3) is 0 Å². The molecule has 0 unspecified atom stereocenters. The third-order valence-electron chi connectivity index (χ3n) is 2.26. The fraction of sp³-hybridized carbons (Fsp3) is 0.167. The van der Waals surface area contributed by atoms with Crippen LogP contribution >= 0.6 is 11.6 Å². The number of anilines is 3. The van der Waals surface area contributed by atoms with Gasteiger partial charge in [-0.05, 0) is 25.1 Å². The smallest absolute Gasteiger partial charge is 0.224 e. The average Bonchev–Trinajstić information content (AvgIpc) is 2.38. The lowest BCUT2D eigenvalue weighted by atomic mass is 10.3. The molecule has 7 heteroatoms. The summed E-state index contributed by atoms with van der Waals surface area (Å²) in [6.45, 7) is 2.47. The third kappa shape index (κ3) is 3.29. The van der Waals surface area contributed by atoms with Crippen molar-refractivity contribution in [2.24, 2.45) is 0 Å². The summed E-state index contributed by atoms with van der Waals surface area (Å²) in [6.07, 6.45) is 1.03. The summed E-state index contributed by atoms with van der Waals surface area (Å²) >= 11 is 5.89. The van der Waals surface area contributed by atoms with Crippen LogP contribution in [0.5, 0.6) is 0 Å². The van der Waals surface area contributed by atoms with Gasteiger partial charge in [-0.1, -0.05) is 11.6 Å². The van der Waals surface area contributed by atoms with Crippen molar-refractivity contribution in [3.05, 3.63) is 41.1 Å². The van der Waals surface area contributed by atoms with Crippen LogP contribution in [0, 0.1) is 11.6 Å². The van der Waals surface area contributed by atoms with E-state index in [1.165, 1.54) is 12.1 Å². The topological polar surface area (TPSA) is 49.8 Å². The molecule has 0 amide bonds. The van der Waals surface area contributed by atoms with Gasteiger partial charge in [0.05, 0.1) is 16.9 Å². The summed E-state index contributed by atoms with van der Waals surface area (Å²) in [5.74, 6) is -0.923. The van der Waals surface area contributed by atoms with Crippen molar-refractivity contribution < 1.29 is 8.78 Å². The van der Waals surface area contributed by atoms with Crippen molar-refractivity contribution in [1.82, 2.24) is 9.97 Å². The fourth-order valence-corrected chi connectivity index (χ4v) is 1.58. The van der Waals surface area contributed by atoms with E-state index in [0.717, 1.165) is 12.3 Å². The molecule has 2 rings (SSSR count). The minimum atomic E-state index is -0.651. The van der Waals surface area contributed by atoms with E-state index in [0.29, 0.717) is 6.54 Å². The van der Waals surface area contributed by atoms with Crippen molar-refractivity contribution in [1.29, 1.82) is 0 Å². The van der Waals surface area contributed by atoms with Gasteiger partial charge in [0, 0.05) is 6.54 Å². The van der Waals surface area contributed by atoms with E-state index >= 15 is 0 Å². The number of aromatic nitrogens is 2. The Morgan fingerprint density at radius 1 is 1.32 bits per heavy atom. The van der Waals surface area contributed by atoms with E-state index in [9.17, 15) is 8.78 Å². The Balaban J connectivity index is 2.31. The van der Waals surface area contributed by atoms with Crippen LogP contribution in [0.15, 0.2) is 24.4 Å². The summed E-state index contributed by atoms with van der Waals surface area (Å²) in [4.78, 5) is 7.70. The fourth-order valence-electron chi connectivity index (χ4n) is 1.42. The second-order valence-electron chi connectivity index (χ2n) is 3.67. The van der Waals surface area contributed by atoms with Gasteiger partial charge in [-0.3, -0.25) is 0 Å². The second kappa shape index (κ2) is 5.79. The molecule has 0 radical (unpaired) electrons. The molecule has 1 aromatic heterocycles. The molecule has 0 saturated carbocycles. The monoisotopic (exact) mass is 284 g/mol. The van der Waals surface area contributed by atoms with Gasteiger partial charge in [0.1, 0.15) is 5.82 Å². The van der Waals surface area contributed by atoms with Gasteiger partial charge in [0.2, 0.25) is 5.95 Å². The molecule has 2 aromatic rings. The van der Waals surface area contributed by atoms with E-state index in [1.807, 2.05) is 6.92 Å². The average molecular weight is 285 g/mol. The maximum Gasteiger partial charge on any atom is 0.224 e. The first-order chi connectivity index (χ1) is 9.10. The Kier molecular flexibility index (Phi) is 4.11. The van der Waals surface area contributed by atoms with E-state index < -0.39 is 11.6 Å². The summed E-state index contributed by atoms with van der Waals surface area (Å²) in [5, 5.41) is 5.76. The third-order valence-corrected chi connectivity index (χ3v) is 2.59. The highest BCUT2D eigenvalue weighted by molar-refractivity contribution is 6.33. The zero-order valence-corrected chi connectivity index (χ0v) is 10.8. The molecule has 0 spiro atoms. The first kappa shape index (κ1) is 13.5. The number of benzene rings is 1. The van der Waals surface area contributed by atoms with Crippen molar-refractivity contribution in [2.75, 3.05) is 17.2 Å². The van der Waals surface area contributed by atoms with Crippen LogP contribution in [0.1, 0.15) is 6.92 Å². The van der Waals surface area contributed by atoms with Gasteiger partial charge in [-0.25, -0.2) is 13.8 Å². The van der Waals surface area contributed by atoms with Crippen LogP contribution in [0.4, 0.5) is 26.2 Å². The first-order valence-electron chi connectivity index (χ1n) is 5.58. The molecular weight excluding hydrogens is 274 g/mol. The minimum Gasteiger partial charge on any atom is -0.354 e. The minimum absolute atomic E-state index is 0.0709. The number of nitrogens with one attached hydrogen (secondary N) is 2. The van der Waals surface area contributed by atoms with Gasteiger partial charge >= 0.3 is 0 Å². The van der Waals surface area contributed by atoms with Gasteiger partial charge < -0.3 is 10.6 Å². The predicted octanol–water partition coefficient (Wildman–Crippen LogP) is 3.58. The molecular formula is C12H11ClF2N4. The van der Waals surface area contributed by atoms with Crippen LogP contribution in [-0.2, 0) is 0 Å². The zero-order chi connectivity index (χ0) is 13.8. The van der Waals surface area contributed by atoms with Gasteiger partial charge in [-0.2, -0.15) is 4.98 Å². The lowest BCUT2D eigenvalue weighted by Crippen LogP contribution is -2.06. The Bertz CT molecular complexity index is 592. The van der Waals surface area contributed by atoms with Crippen LogP contribution in [-0.4, -0.2) is 16.5 Å². The molecule has 0 bridgehead atoms. The summed E-state index contributed by atoms with van der Waals surface area (Å²) in [5.41, 5.74) is 0.238. The second-order valence-corrected chi connectivity index (χ2v) is 4.08. The van der Waals surface area contributed by atoms with Crippen molar-refractivity contribution >= 4 is 29.1 Å². The highest BCUT2D eigenvalue weighted by Crippen LogP contribution is 2.26. The SMILES string of the molecule is CCNc1ncc(F)c(Nc2cc(F)ccc2Cl)n1. The molecule has 0 fully saturated rings. The molecule has 0 aliphatic rings. The van der Waals surface area contributed by atoms with Crippen molar-refractivity contribution in [3.63, 3.8) is 0 Å². The largest absolute Gasteiger partial charge is 0.354 e. The predicted molar refractivity (Wildman–Crippen MR) is 70.8 cm³/mol. The first-order valence-corrected chi connectivity index (χ1v) is 5.96. The number of rotatable bonds is 4. The van der Waals surface area contributed by atoms with Crippen LogP contribution in [0.3, 0.4) is 0 Å². The molecule has 2 N–H and O–H groups in total. The number of nitrogens with zero attached hydrogens (tertiary/aromatic N) is 2. The van der Waals surface area contributed by atoms with Gasteiger partial charge in [-0.15, -0.1) is 0 Å². The summed E-state index contributed by atoms with van der Waals surface area (Å²) in [7, 11) is 0. The van der Waals surface area contributed by atoms with Crippen molar-refractivity contribution in [2.45, 2.75) is 6.92 Å². The van der Waals surface area contributed by atoms with E-state index in [1.54, 1.807) is 0 Å². The van der Waals surface area contributed by atoms with Gasteiger partial charge in [0.25, 0.3) is 0 Å². The quantitative estimate of drug-likeness (QED) is 0.901. The Morgan fingerprint density at radius 2 is 2.11 bits per heavy atom. The molecule has 100 valence electrons. The highest BCUT2D eigenvalue weighted by atomic mass is 35.5. The molecule has 0 atom stereocenters. The normalized spacial score (nSPS) is 10.3. The molecule has 0 saturated heterocycles. The maximum absolute atomic E-state index is 13.6. The lowest BCUT2D eigenvalue weighted by molar-refractivity contribution is 0.618. The molecule has 0 aliphatic carbocycles. The standard InChI is InChI=1S/C12H11ClF2N4/c1-2-16-12-17-6-9(15)11(19-12)18-10-5-7(14)3-4-8(10)13/h3-6H,2H2,1H3,(H2,16,17,18,19). The summed E-state index contributed by atoms with van der Waals surface area (Å²) in [6, 6.07) is 3.76. The van der Waals surface area contributed by atoms with Crippen molar-refractivity contribution in [3.8, 4) is 0 Å². The van der Waals surface area contributed by atoms with E-state index in [2.05, 4.69) is 20.6 Å². The molecule has 0 aliphatic heterocycles. The Labute approximate surface area is 113 Å². The molecule has 4 nitrogen and oxygen atoms in total. The number of hydrogen-bond acceptors (Lipinski definition) is 4. The zero-order valence-electron chi connectivity index (χ0n) is 10.0. The molecule has 1 heterocycles. The van der Waals surface area contributed by atoms with Crippen LogP contribution in [0.2, 0.25) is 5.02 Å². The van der Waals surface area contributed by atoms with Crippen LogP contribution < -0.4 is 10.6 Å². The van der Waals surface area contributed by atoms with E-state index in [4.69, 9.17) is 11.6 Å². The van der Waals surface area contributed by atoms with Gasteiger partial charge in [0.15, 0.2) is 11.6 Å².